The number of hydrogen-bond acceptors (Lipinski definition) is 2. The minimum absolute atomic E-state index is 0.197. The first-order chi connectivity index (χ1) is 7.13. The van der Waals surface area contributed by atoms with E-state index >= 15 is 0 Å². The minimum atomic E-state index is -0.428. The molecule has 3 radical (unpaired) electrons. The molecule has 0 aromatic heterocycles. The van der Waals surface area contributed by atoms with E-state index in [1.165, 1.54) is 11.1 Å². The predicted octanol–water partition coefficient (Wildman–Crippen LogP) is 1.63. The predicted molar refractivity (Wildman–Crippen MR) is 61.8 cm³/mol. The number of aliphatic hydroxyl groups is 1. The van der Waals surface area contributed by atoms with Crippen LogP contribution in [0.3, 0.4) is 0 Å². The molecule has 15 heavy (non-hydrogen) atoms. The smallest absolute Gasteiger partial charge is 0.246 e. The molecule has 2 nitrogen and oxygen atoms in total. The molecular formula is C12H17O2Si. The monoisotopic (exact) mass is 221 g/mol. The van der Waals surface area contributed by atoms with Crippen molar-refractivity contribution >= 4 is 10.5 Å². The van der Waals surface area contributed by atoms with Crippen molar-refractivity contribution < 1.29 is 9.53 Å². The van der Waals surface area contributed by atoms with Crippen molar-refractivity contribution in [2.45, 2.75) is 26.4 Å². The van der Waals surface area contributed by atoms with E-state index in [2.05, 4.69) is 35.6 Å². The van der Waals surface area contributed by atoms with Crippen molar-refractivity contribution in [3.63, 3.8) is 0 Å². The van der Waals surface area contributed by atoms with Crippen LogP contribution in [0.15, 0.2) is 24.3 Å². The van der Waals surface area contributed by atoms with Crippen LogP contribution in [0.5, 0.6) is 0 Å². The number of aliphatic hydroxyl groups excluding tert-OH is 1. The molecular weight excluding hydrogens is 204 g/mol. The van der Waals surface area contributed by atoms with E-state index in [1.54, 1.807) is 0 Å². The summed E-state index contributed by atoms with van der Waals surface area (Å²) in [6.45, 7) is 4.42. The van der Waals surface area contributed by atoms with Gasteiger partial charge in [0.1, 0.15) is 0 Å². The number of hydrogen-bond donors (Lipinski definition) is 1. The van der Waals surface area contributed by atoms with Crippen LogP contribution in [0, 0.1) is 12.8 Å². The Bertz CT molecular complexity index is 301. The normalized spacial score (nSPS) is 14.9. The fraction of sp³-hybridized carbons (Fsp3) is 0.500. The van der Waals surface area contributed by atoms with E-state index in [-0.39, 0.29) is 5.92 Å². The molecule has 1 rings (SSSR count). The van der Waals surface area contributed by atoms with Gasteiger partial charge in [-0.25, -0.2) is 0 Å². The molecule has 0 bridgehead atoms. The Morgan fingerprint density at radius 3 is 2.80 bits per heavy atom. The molecule has 2 unspecified atom stereocenters. The fourth-order valence-corrected chi connectivity index (χ4v) is 1.77. The lowest BCUT2D eigenvalue weighted by atomic mass is 9.95. The average molecular weight is 221 g/mol. The molecule has 81 valence electrons. The van der Waals surface area contributed by atoms with Crippen LogP contribution in [0.1, 0.15) is 18.1 Å². The Hall–Kier alpha value is -0.643. The third-order valence-electron chi connectivity index (χ3n) is 2.55. The van der Waals surface area contributed by atoms with Crippen molar-refractivity contribution in [2.24, 2.45) is 5.92 Å². The molecule has 0 aliphatic heterocycles. The molecule has 0 fully saturated rings. The quantitative estimate of drug-likeness (QED) is 0.766. The second-order valence-corrected chi connectivity index (χ2v) is 4.34. The van der Waals surface area contributed by atoms with Crippen LogP contribution in [0.25, 0.3) is 0 Å². The maximum atomic E-state index is 9.69. The van der Waals surface area contributed by atoms with Gasteiger partial charge in [-0.15, -0.1) is 0 Å². The van der Waals surface area contributed by atoms with Gasteiger partial charge in [0.25, 0.3) is 0 Å². The van der Waals surface area contributed by atoms with Gasteiger partial charge in [-0.2, -0.15) is 0 Å². The molecule has 0 aliphatic rings. The van der Waals surface area contributed by atoms with Crippen molar-refractivity contribution in [1.29, 1.82) is 0 Å². The summed E-state index contributed by atoms with van der Waals surface area (Å²) >= 11 is 0. The first-order valence-electron chi connectivity index (χ1n) is 5.15. The summed E-state index contributed by atoms with van der Waals surface area (Å²) in [6.07, 6.45) is 0.446. The lowest BCUT2D eigenvalue weighted by Gasteiger charge is -2.18. The Kier molecular flexibility index (Phi) is 5.01. The van der Waals surface area contributed by atoms with Gasteiger partial charge in [0.15, 0.2) is 0 Å². The number of rotatable bonds is 5. The molecule has 0 heterocycles. The summed E-state index contributed by atoms with van der Waals surface area (Å²) in [5, 5.41) is 9.69. The summed E-state index contributed by atoms with van der Waals surface area (Å²) in [6, 6.07) is 8.36. The standard InChI is InChI=1S/C12H17O2Si/c1-9-4-3-5-11(6-9)7-10(2)12(13)8-14-15/h3-6,10,12-13H,7-8H2,1-2H3. The summed E-state index contributed by atoms with van der Waals surface area (Å²) in [5.74, 6) is 0.197. The van der Waals surface area contributed by atoms with Crippen molar-refractivity contribution in [3.8, 4) is 0 Å². The van der Waals surface area contributed by atoms with E-state index in [9.17, 15) is 5.11 Å². The maximum Gasteiger partial charge on any atom is 0.246 e. The molecule has 2 atom stereocenters. The Labute approximate surface area is 94.8 Å². The summed E-state index contributed by atoms with van der Waals surface area (Å²) in [4.78, 5) is 0. The highest BCUT2D eigenvalue weighted by atomic mass is 28.2. The topological polar surface area (TPSA) is 29.5 Å². The zero-order valence-electron chi connectivity index (χ0n) is 9.23. The highest BCUT2D eigenvalue weighted by Gasteiger charge is 2.14. The second-order valence-electron chi connectivity index (χ2n) is 4.05. The van der Waals surface area contributed by atoms with Gasteiger partial charge >= 0.3 is 0 Å². The van der Waals surface area contributed by atoms with Crippen LogP contribution in [0.2, 0.25) is 0 Å². The Morgan fingerprint density at radius 1 is 1.47 bits per heavy atom. The van der Waals surface area contributed by atoms with E-state index in [1.807, 2.05) is 13.0 Å². The van der Waals surface area contributed by atoms with Crippen molar-refractivity contribution in [1.82, 2.24) is 0 Å². The van der Waals surface area contributed by atoms with Gasteiger partial charge in [-0.3, -0.25) is 0 Å². The van der Waals surface area contributed by atoms with E-state index < -0.39 is 6.10 Å². The molecule has 1 aromatic rings. The average Bonchev–Trinajstić information content (AvgIpc) is 2.18. The first-order valence-corrected chi connectivity index (χ1v) is 5.56. The maximum absolute atomic E-state index is 9.69. The van der Waals surface area contributed by atoms with E-state index in [4.69, 9.17) is 4.43 Å². The molecule has 0 aliphatic carbocycles. The third-order valence-corrected chi connectivity index (χ3v) is 2.72. The third kappa shape index (κ3) is 4.16. The first kappa shape index (κ1) is 12.4. The largest absolute Gasteiger partial charge is 0.416 e. The molecule has 1 N–H and O–H groups in total. The fourth-order valence-electron chi connectivity index (χ4n) is 1.60. The van der Waals surface area contributed by atoms with Gasteiger partial charge in [0.05, 0.1) is 12.7 Å². The van der Waals surface area contributed by atoms with Crippen molar-refractivity contribution in [3.05, 3.63) is 35.4 Å². The highest BCUT2D eigenvalue weighted by Crippen LogP contribution is 2.13. The Balaban J connectivity index is 2.54. The molecule has 0 spiro atoms. The second kappa shape index (κ2) is 6.05. The molecule has 0 amide bonds. The van der Waals surface area contributed by atoms with Crippen molar-refractivity contribution in [2.75, 3.05) is 6.61 Å². The summed E-state index contributed by atoms with van der Waals surface area (Å²) < 4.78 is 4.74. The molecule has 3 heteroatoms. The SMILES string of the molecule is Cc1cccc(CC(C)C(O)CO[Si])c1. The molecule has 0 saturated heterocycles. The zero-order valence-corrected chi connectivity index (χ0v) is 10.2. The van der Waals surface area contributed by atoms with E-state index in [0.29, 0.717) is 6.61 Å². The molecule has 0 saturated carbocycles. The lowest BCUT2D eigenvalue weighted by Crippen LogP contribution is -2.24. The zero-order chi connectivity index (χ0) is 11.3. The van der Waals surface area contributed by atoms with Crippen LogP contribution in [0.4, 0.5) is 0 Å². The minimum Gasteiger partial charge on any atom is -0.416 e. The lowest BCUT2D eigenvalue weighted by molar-refractivity contribution is 0.0673. The van der Waals surface area contributed by atoms with Gasteiger partial charge in [0.2, 0.25) is 10.5 Å². The van der Waals surface area contributed by atoms with Crippen LogP contribution >= 0.6 is 0 Å². The van der Waals surface area contributed by atoms with E-state index in [0.717, 1.165) is 6.42 Å². The van der Waals surface area contributed by atoms with Gasteiger partial charge in [-0.05, 0) is 24.8 Å². The highest BCUT2D eigenvalue weighted by molar-refractivity contribution is 5.97. The number of benzene rings is 1. The number of aryl methyl sites for hydroxylation is 1. The van der Waals surface area contributed by atoms with Crippen LogP contribution in [-0.4, -0.2) is 28.3 Å². The van der Waals surface area contributed by atoms with Crippen LogP contribution in [-0.2, 0) is 10.8 Å². The van der Waals surface area contributed by atoms with Gasteiger partial charge in [0, 0.05) is 0 Å². The van der Waals surface area contributed by atoms with Gasteiger partial charge in [-0.1, -0.05) is 36.8 Å². The summed E-state index contributed by atoms with van der Waals surface area (Å²) in [7, 11) is 2.90. The van der Waals surface area contributed by atoms with Crippen LogP contribution < -0.4 is 0 Å². The molecule has 1 aromatic carbocycles. The van der Waals surface area contributed by atoms with Gasteiger partial charge < -0.3 is 9.53 Å². The summed E-state index contributed by atoms with van der Waals surface area (Å²) in [5.41, 5.74) is 2.51. The Morgan fingerprint density at radius 2 is 2.20 bits per heavy atom.